The maximum Gasteiger partial charge on any atom is 0.306 e. The number of hydrogen-bond acceptors (Lipinski definition) is 6. The zero-order valence-corrected chi connectivity index (χ0v) is 48.2. The molecule has 1 atom stereocenters. The summed E-state index contributed by atoms with van der Waals surface area (Å²) in [6.07, 6.45) is 75.5. The minimum atomic E-state index is -0.780. The molecule has 0 saturated heterocycles. The Hall–Kier alpha value is -2.63. The van der Waals surface area contributed by atoms with E-state index in [4.69, 9.17) is 14.2 Å². The first-order valence-corrected chi connectivity index (χ1v) is 31.6. The van der Waals surface area contributed by atoms with E-state index >= 15 is 0 Å². The van der Waals surface area contributed by atoms with Crippen LogP contribution in [0.15, 0.2) is 48.6 Å². The fraction of sp³-hybridized carbons (Fsp3) is 0.833. The Kier molecular flexibility index (Phi) is 58.7. The monoisotopic (exact) mass is 1010 g/mol. The summed E-state index contributed by atoms with van der Waals surface area (Å²) in [5, 5.41) is 0. The van der Waals surface area contributed by atoms with Gasteiger partial charge in [0.1, 0.15) is 13.2 Å². The van der Waals surface area contributed by atoms with Crippen LogP contribution in [0.5, 0.6) is 0 Å². The SMILES string of the molecule is CC/C=C\C/C=C\C/C=C\CCCCCCCC(=O)OC(COC(=O)CCCCCCCCCCCCCCCC)COC(=O)CCCCCCCCCCCCCCC/C=C\CCCCCCCCCC. The van der Waals surface area contributed by atoms with Gasteiger partial charge in [0, 0.05) is 19.3 Å². The number of rotatable bonds is 58. The van der Waals surface area contributed by atoms with Crippen molar-refractivity contribution in [3.05, 3.63) is 48.6 Å². The van der Waals surface area contributed by atoms with E-state index in [0.29, 0.717) is 19.3 Å². The lowest BCUT2D eigenvalue weighted by Crippen LogP contribution is -2.30. The van der Waals surface area contributed by atoms with Gasteiger partial charge in [-0.2, -0.15) is 0 Å². The van der Waals surface area contributed by atoms with Gasteiger partial charge in [-0.3, -0.25) is 14.4 Å². The van der Waals surface area contributed by atoms with E-state index in [1.165, 1.54) is 199 Å². The Balaban J connectivity index is 4.25. The molecule has 0 saturated carbocycles. The zero-order chi connectivity index (χ0) is 52.2. The minimum Gasteiger partial charge on any atom is -0.462 e. The van der Waals surface area contributed by atoms with E-state index < -0.39 is 6.10 Å². The van der Waals surface area contributed by atoms with Gasteiger partial charge in [-0.25, -0.2) is 0 Å². The smallest absolute Gasteiger partial charge is 0.306 e. The molecule has 72 heavy (non-hydrogen) atoms. The quantitative estimate of drug-likeness (QED) is 0.0261. The number of unbranched alkanes of at least 4 members (excludes halogenated alkanes) is 39. The van der Waals surface area contributed by atoms with Crippen LogP contribution in [0.1, 0.15) is 335 Å². The van der Waals surface area contributed by atoms with Crippen LogP contribution in [0.4, 0.5) is 0 Å². The van der Waals surface area contributed by atoms with Crippen LogP contribution in [0.25, 0.3) is 0 Å². The van der Waals surface area contributed by atoms with Crippen LogP contribution < -0.4 is 0 Å². The molecule has 0 amide bonds. The summed E-state index contributed by atoms with van der Waals surface area (Å²) in [6.45, 7) is 6.56. The third kappa shape index (κ3) is 58.3. The van der Waals surface area contributed by atoms with Crippen LogP contribution >= 0.6 is 0 Å². The first kappa shape index (κ1) is 69.4. The molecule has 0 aromatic carbocycles. The number of allylic oxidation sites excluding steroid dienone is 8. The number of hydrogen-bond donors (Lipinski definition) is 0. The van der Waals surface area contributed by atoms with Crippen molar-refractivity contribution in [2.45, 2.75) is 341 Å². The van der Waals surface area contributed by atoms with E-state index in [-0.39, 0.29) is 31.1 Å². The Morgan fingerprint density at radius 3 is 0.861 bits per heavy atom. The number of carbonyl (C=O) groups excluding carboxylic acids is 3. The minimum absolute atomic E-state index is 0.0764. The van der Waals surface area contributed by atoms with Crippen molar-refractivity contribution >= 4 is 17.9 Å². The van der Waals surface area contributed by atoms with Gasteiger partial charge in [0.25, 0.3) is 0 Å². The zero-order valence-electron chi connectivity index (χ0n) is 48.2. The molecule has 0 aliphatic heterocycles. The summed E-state index contributed by atoms with van der Waals surface area (Å²) in [5.74, 6) is -0.874. The molecule has 0 spiro atoms. The van der Waals surface area contributed by atoms with Crippen molar-refractivity contribution in [2.24, 2.45) is 0 Å². The van der Waals surface area contributed by atoms with Crippen molar-refractivity contribution in [1.82, 2.24) is 0 Å². The van der Waals surface area contributed by atoms with Crippen molar-refractivity contribution < 1.29 is 28.6 Å². The summed E-state index contributed by atoms with van der Waals surface area (Å²) in [7, 11) is 0. The van der Waals surface area contributed by atoms with Crippen molar-refractivity contribution in [3.63, 3.8) is 0 Å². The van der Waals surface area contributed by atoms with Gasteiger partial charge in [-0.1, -0.05) is 288 Å². The average molecular weight is 1010 g/mol. The van der Waals surface area contributed by atoms with E-state index in [9.17, 15) is 14.4 Å². The van der Waals surface area contributed by atoms with Gasteiger partial charge in [-0.15, -0.1) is 0 Å². The molecule has 1 unspecified atom stereocenters. The first-order valence-electron chi connectivity index (χ1n) is 31.6. The fourth-order valence-electron chi connectivity index (χ4n) is 9.34. The summed E-state index contributed by atoms with van der Waals surface area (Å²) in [5.41, 5.74) is 0. The van der Waals surface area contributed by atoms with Crippen LogP contribution in [0.2, 0.25) is 0 Å². The molecule has 0 heterocycles. The van der Waals surface area contributed by atoms with E-state index in [2.05, 4.69) is 69.4 Å². The molecule has 0 aliphatic rings. The maximum absolute atomic E-state index is 12.9. The largest absolute Gasteiger partial charge is 0.462 e. The summed E-state index contributed by atoms with van der Waals surface area (Å²) < 4.78 is 16.9. The second-order valence-corrected chi connectivity index (χ2v) is 21.3. The van der Waals surface area contributed by atoms with Crippen molar-refractivity contribution in [2.75, 3.05) is 13.2 Å². The van der Waals surface area contributed by atoms with Crippen LogP contribution in [0, 0.1) is 0 Å². The molecule has 6 nitrogen and oxygen atoms in total. The Labute approximate surface area is 448 Å². The molecular weight excluding hydrogens is 889 g/mol. The molecule has 0 bridgehead atoms. The normalized spacial score (nSPS) is 12.3. The average Bonchev–Trinajstić information content (AvgIpc) is 3.38. The molecule has 6 heteroatoms. The predicted octanol–water partition coefficient (Wildman–Crippen LogP) is 21.4. The summed E-state index contributed by atoms with van der Waals surface area (Å²) in [6, 6.07) is 0. The highest BCUT2D eigenvalue weighted by molar-refractivity contribution is 5.71. The molecule has 0 aliphatic carbocycles. The van der Waals surface area contributed by atoms with E-state index in [1.54, 1.807) is 0 Å². The van der Waals surface area contributed by atoms with Gasteiger partial charge in [0.2, 0.25) is 0 Å². The van der Waals surface area contributed by atoms with Gasteiger partial charge in [0.05, 0.1) is 0 Å². The van der Waals surface area contributed by atoms with Crippen LogP contribution in [0.3, 0.4) is 0 Å². The summed E-state index contributed by atoms with van der Waals surface area (Å²) in [4.78, 5) is 38.2. The molecule has 0 rings (SSSR count). The predicted molar refractivity (Wildman–Crippen MR) is 312 cm³/mol. The molecular formula is C66H120O6. The Morgan fingerprint density at radius 1 is 0.292 bits per heavy atom. The lowest BCUT2D eigenvalue weighted by molar-refractivity contribution is -0.167. The Morgan fingerprint density at radius 2 is 0.542 bits per heavy atom. The third-order valence-corrected chi connectivity index (χ3v) is 14.1. The molecule has 0 aromatic heterocycles. The maximum atomic E-state index is 12.9. The fourth-order valence-corrected chi connectivity index (χ4v) is 9.34. The lowest BCUT2D eigenvalue weighted by Gasteiger charge is -2.18. The standard InChI is InChI=1S/C66H120O6/c1-4-7-10-13-16-19-22-25-28-29-30-31-32-33-34-35-36-37-39-41-44-47-50-53-56-59-65(68)71-62-63(61-70-64(67)58-55-52-49-46-43-40-27-24-21-18-15-12-9-6-3)72-66(69)60-57-54-51-48-45-42-38-26-23-20-17-14-11-8-5-2/h8,11,17,20,26,29-30,38,63H,4-7,9-10,12-16,18-19,21-25,27-28,31-37,39-62H2,1-3H3/b11-8-,20-17-,30-29-,38-26-. The highest BCUT2D eigenvalue weighted by atomic mass is 16.6. The van der Waals surface area contributed by atoms with Crippen LogP contribution in [-0.2, 0) is 28.6 Å². The molecule has 0 N–H and O–H groups in total. The van der Waals surface area contributed by atoms with E-state index in [0.717, 1.165) is 96.3 Å². The topological polar surface area (TPSA) is 78.9 Å². The second kappa shape index (κ2) is 60.9. The highest BCUT2D eigenvalue weighted by Gasteiger charge is 2.19. The molecule has 0 aromatic rings. The number of ether oxygens (including phenoxy) is 3. The number of carbonyl (C=O) groups is 3. The highest BCUT2D eigenvalue weighted by Crippen LogP contribution is 2.17. The van der Waals surface area contributed by atoms with Crippen molar-refractivity contribution in [3.8, 4) is 0 Å². The summed E-state index contributed by atoms with van der Waals surface area (Å²) >= 11 is 0. The lowest BCUT2D eigenvalue weighted by atomic mass is 10.0. The number of esters is 3. The van der Waals surface area contributed by atoms with Gasteiger partial charge < -0.3 is 14.2 Å². The molecule has 420 valence electrons. The van der Waals surface area contributed by atoms with Gasteiger partial charge in [0.15, 0.2) is 6.10 Å². The van der Waals surface area contributed by atoms with E-state index in [1.807, 2.05) is 0 Å². The molecule has 0 fully saturated rings. The second-order valence-electron chi connectivity index (χ2n) is 21.3. The van der Waals surface area contributed by atoms with Crippen LogP contribution in [-0.4, -0.2) is 37.2 Å². The van der Waals surface area contributed by atoms with Gasteiger partial charge >= 0.3 is 17.9 Å². The third-order valence-electron chi connectivity index (χ3n) is 14.1. The molecule has 0 radical (unpaired) electrons. The Bertz CT molecular complexity index is 1250. The first-order chi connectivity index (χ1) is 35.5. The van der Waals surface area contributed by atoms with Gasteiger partial charge in [-0.05, 0) is 77.0 Å². The van der Waals surface area contributed by atoms with Crippen molar-refractivity contribution in [1.29, 1.82) is 0 Å².